The van der Waals surface area contributed by atoms with Gasteiger partial charge in [-0.05, 0) is 19.3 Å². The highest BCUT2D eigenvalue weighted by Crippen LogP contribution is 2.01. The lowest BCUT2D eigenvalue weighted by Gasteiger charge is -2.14. The lowest BCUT2D eigenvalue weighted by atomic mass is 10.1. The number of amides is 2. The fraction of sp³-hybridized carbons (Fsp3) is 0.750. The Balaban J connectivity index is 3.56. The summed E-state index contributed by atoms with van der Waals surface area (Å²) < 4.78 is 8.65. The molecule has 0 aromatic carbocycles. The molecule has 0 aliphatic heterocycles. The largest absolute Gasteiger partial charge is 0.435 e. The average molecular weight is 284 g/mol. The molecule has 0 rings (SSSR count). The number of carbonyl (C=O) groups is 2. The zero-order valence-electron chi connectivity index (χ0n) is 9.35. The smallest absolute Gasteiger partial charge is 0.409 e. The van der Waals surface area contributed by atoms with Crippen LogP contribution in [-0.4, -0.2) is 36.5 Å². The van der Waals surface area contributed by atoms with E-state index in [1.54, 1.807) is 0 Å². The van der Waals surface area contributed by atoms with Crippen LogP contribution < -0.4 is 10.6 Å². The zero-order chi connectivity index (χ0) is 13.1. The van der Waals surface area contributed by atoms with Gasteiger partial charge in [0.05, 0.1) is 31.6 Å². The Hall–Kier alpha value is -0.640. The predicted molar refractivity (Wildman–Crippen MR) is 68.2 cm³/mol. The molecule has 2 unspecified atom stereocenters. The first-order valence-corrected chi connectivity index (χ1v) is 6.01. The minimum Gasteiger partial charge on any atom is -0.435 e. The molecular formula is C8H18N2O5P2. The summed E-state index contributed by atoms with van der Waals surface area (Å²) in [5.41, 5.74) is 0. The first kappa shape index (κ1) is 16.4. The Bertz CT molecular complexity index is 242. The van der Waals surface area contributed by atoms with Crippen LogP contribution in [0.1, 0.15) is 19.3 Å². The summed E-state index contributed by atoms with van der Waals surface area (Å²) in [5.74, 6) is 0. The van der Waals surface area contributed by atoms with E-state index in [2.05, 4.69) is 19.7 Å². The normalized spacial score (nSPS) is 11.5. The number of hydrogen-bond donors (Lipinski definition) is 3. The number of aliphatic hydroxyl groups excluding tert-OH is 1. The van der Waals surface area contributed by atoms with Crippen LogP contribution >= 0.6 is 18.9 Å². The zero-order valence-corrected chi connectivity index (χ0v) is 11.7. The Labute approximate surface area is 105 Å². The molecule has 0 aliphatic rings. The molecule has 17 heavy (non-hydrogen) atoms. The summed E-state index contributed by atoms with van der Waals surface area (Å²) in [5, 5.41) is 14.0. The van der Waals surface area contributed by atoms with Gasteiger partial charge in [-0.3, -0.25) is 0 Å². The van der Waals surface area contributed by atoms with Crippen LogP contribution in [0.2, 0.25) is 0 Å². The van der Waals surface area contributed by atoms with E-state index in [9.17, 15) is 9.59 Å². The quantitative estimate of drug-likeness (QED) is 0.468. The van der Waals surface area contributed by atoms with Gasteiger partial charge in [0.2, 0.25) is 0 Å². The maximum Gasteiger partial charge on any atom is 0.409 e. The Morgan fingerprint density at radius 3 is 2.35 bits per heavy atom. The van der Waals surface area contributed by atoms with Crippen molar-refractivity contribution in [3.63, 3.8) is 0 Å². The van der Waals surface area contributed by atoms with Gasteiger partial charge in [0.15, 0.2) is 0 Å². The molecule has 0 heterocycles. The second kappa shape index (κ2) is 10.5. The van der Waals surface area contributed by atoms with Gasteiger partial charge in [-0.1, -0.05) is 0 Å². The van der Waals surface area contributed by atoms with Gasteiger partial charge in [-0.25, -0.2) is 9.59 Å². The molecular weight excluding hydrogens is 266 g/mol. The third-order valence-electron chi connectivity index (χ3n) is 2.01. The van der Waals surface area contributed by atoms with Crippen molar-refractivity contribution in [1.29, 1.82) is 0 Å². The molecule has 7 nitrogen and oxygen atoms in total. The molecule has 3 atom stereocenters. The molecule has 0 aromatic rings. The summed E-state index contributed by atoms with van der Waals surface area (Å²) in [6.07, 6.45) is 0.985. The number of unbranched alkanes of at least 4 members (excludes halogenated alkanes) is 1. The number of carbonyl (C=O) groups excluding carboxylic acids is 2. The predicted octanol–water partition coefficient (Wildman–Crippen LogP) is 0.550. The molecule has 3 N–H and O–H groups in total. The average Bonchev–Trinajstić information content (AvgIpc) is 2.36. The lowest BCUT2D eigenvalue weighted by molar-refractivity contribution is 0.186. The number of aliphatic hydroxyl groups is 1. The van der Waals surface area contributed by atoms with Crippen molar-refractivity contribution in [3.8, 4) is 0 Å². The maximum absolute atomic E-state index is 10.9. The van der Waals surface area contributed by atoms with E-state index in [1.807, 2.05) is 18.9 Å². The number of rotatable bonds is 7. The summed E-state index contributed by atoms with van der Waals surface area (Å²) >= 11 is 0. The van der Waals surface area contributed by atoms with E-state index >= 15 is 0 Å². The van der Waals surface area contributed by atoms with Gasteiger partial charge in [0.25, 0.3) is 0 Å². The highest BCUT2D eigenvalue weighted by atomic mass is 31.0. The monoisotopic (exact) mass is 284 g/mol. The van der Waals surface area contributed by atoms with E-state index in [0.717, 1.165) is 12.8 Å². The summed E-state index contributed by atoms with van der Waals surface area (Å²) in [4.78, 5) is 21.5. The van der Waals surface area contributed by atoms with Crippen LogP contribution in [0, 0.1) is 0 Å². The second-order valence-corrected chi connectivity index (χ2v) is 3.73. The van der Waals surface area contributed by atoms with E-state index in [-0.39, 0.29) is 12.6 Å². The van der Waals surface area contributed by atoms with Crippen LogP contribution in [0.25, 0.3) is 0 Å². The molecule has 0 radical (unpaired) electrons. The van der Waals surface area contributed by atoms with Crippen LogP contribution in [0.4, 0.5) is 9.59 Å². The maximum atomic E-state index is 10.9. The van der Waals surface area contributed by atoms with Gasteiger partial charge >= 0.3 is 12.2 Å². The fourth-order valence-corrected chi connectivity index (χ4v) is 1.31. The molecule has 100 valence electrons. The van der Waals surface area contributed by atoms with Gasteiger partial charge in [0, 0.05) is 6.54 Å². The second-order valence-electron chi connectivity index (χ2n) is 3.26. The molecule has 9 heteroatoms. The van der Waals surface area contributed by atoms with Crippen LogP contribution in [0.15, 0.2) is 0 Å². The molecule has 0 spiro atoms. The van der Waals surface area contributed by atoms with Crippen molar-refractivity contribution in [2.45, 2.75) is 25.3 Å². The highest BCUT2D eigenvalue weighted by molar-refractivity contribution is 7.10. The lowest BCUT2D eigenvalue weighted by Crippen LogP contribution is -2.36. The van der Waals surface area contributed by atoms with Gasteiger partial charge in [-0.2, -0.15) is 0 Å². The summed E-state index contributed by atoms with van der Waals surface area (Å²) in [6, 6.07) is -0.336. The molecule has 0 bridgehead atoms. The minimum atomic E-state index is -0.598. The molecule has 2 amide bonds. The fourth-order valence-electron chi connectivity index (χ4n) is 1.16. The standard InChI is InChI=1S/C8H18N2O5P2/c11-5-6(10-8(13)15-17)3-1-2-4-9-7(12)14-16/h6,11H,1-5,16-17H2,(H,9,12)(H,10,13)/t6-/m0/s1. The molecule has 0 aliphatic carbocycles. The molecule has 0 saturated heterocycles. The summed E-state index contributed by atoms with van der Waals surface area (Å²) in [7, 11) is 3.68. The first-order valence-electron chi connectivity index (χ1n) is 5.06. The highest BCUT2D eigenvalue weighted by Gasteiger charge is 2.10. The third kappa shape index (κ3) is 9.10. The van der Waals surface area contributed by atoms with Crippen LogP contribution in [0.5, 0.6) is 0 Å². The Morgan fingerprint density at radius 1 is 1.18 bits per heavy atom. The minimum absolute atomic E-state index is 0.152. The van der Waals surface area contributed by atoms with E-state index in [4.69, 9.17) is 5.11 Å². The summed E-state index contributed by atoms with van der Waals surface area (Å²) in [6.45, 7) is 0.334. The van der Waals surface area contributed by atoms with Crippen LogP contribution in [0.3, 0.4) is 0 Å². The Morgan fingerprint density at radius 2 is 1.82 bits per heavy atom. The van der Waals surface area contributed by atoms with Gasteiger partial charge in [-0.15, -0.1) is 0 Å². The van der Waals surface area contributed by atoms with Gasteiger partial charge < -0.3 is 24.8 Å². The van der Waals surface area contributed by atoms with E-state index in [0.29, 0.717) is 13.0 Å². The van der Waals surface area contributed by atoms with Crippen molar-refractivity contribution in [1.82, 2.24) is 10.6 Å². The van der Waals surface area contributed by atoms with E-state index < -0.39 is 12.2 Å². The van der Waals surface area contributed by atoms with Crippen molar-refractivity contribution in [2.24, 2.45) is 0 Å². The molecule has 0 aromatic heterocycles. The Kier molecular flexibility index (Phi) is 10.1. The van der Waals surface area contributed by atoms with Crippen LogP contribution in [-0.2, 0) is 9.05 Å². The number of nitrogens with one attached hydrogen (secondary N) is 2. The molecule has 0 fully saturated rings. The topological polar surface area (TPSA) is 96.9 Å². The van der Waals surface area contributed by atoms with E-state index in [1.165, 1.54) is 0 Å². The van der Waals surface area contributed by atoms with Crippen molar-refractivity contribution in [3.05, 3.63) is 0 Å². The van der Waals surface area contributed by atoms with Crippen molar-refractivity contribution < 1.29 is 23.7 Å². The van der Waals surface area contributed by atoms with Crippen molar-refractivity contribution in [2.75, 3.05) is 13.2 Å². The third-order valence-corrected chi connectivity index (χ3v) is 2.43. The van der Waals surface area contributed by atoms with Crippen molar-refractivity contribution >= 4 is 31.1 Å². The number of hydrogen-bond acceptors (Lipinski definition) is 5. The SMILES string of the molecule is O=C(NCCCC[C@@H](CO)NC(=O)OP)OP. The molecule has 0 saturated carbocycles. The van der Waals surface area contributed by atoms with Gasteiger partial charge in [0.1, 0.15) is 0 Å². The first-order chi connectivity index (χ1) is 8.13.